The Labute approximate surface area is 172 Å². The number of fused-ring (bicyclic) bond motifs is 1. The number of rotatable bonds is 8. The first kappa shape index (κ1) is 19.3. The largest absolute Gasteiger partial charge is 0.493 e. The summed E-state index contributed by atoms with van der Waals surface area (Å²) in [4.78, 5) is 0. The molecule has 3 aromatic carbocycles. The maximum absolute atomic E-state index is 6.26. The predicted octanol–water partition coefficient (Wildman–Crippen LogP) is 4.76. The average Bonchev–Trinajstić information content (AvgIpc) is 2.78. The molecule has 29 heavy (non-hydrogen) atoms. The molecule has 1 aliphatic heterocycles. The lowest BCUT2D eigenvalue weighted by Gasteiger charge is -2.27. The van der Waals surface area contributed by atoms with Crippen molar-refractivity contribution < 1.29 is 14.2 Å². The van der Waals surface area contributed by atoms with E-state index in [0.29, 0.717) is 12.4 Å². The van der Waals surface area contributed by atoms with E-state index >= 15 is 0 Å². The van der Waals surface area contributed by atoms with Crippen LogP contribution < -0.4 is 19.5 Å². The van der Waals surface area contributed by atoms with Crippen LogP contribution in [0.25, 0.3) is 0 Å². The van der Waals surface area contributed by atoms with Crippen molar-refractivity contribution in [2.45, 2.75) is 32.1 Å². The van der Waals surface area contributed by atoms with E-state index < -0.39 is 0 Å². The first-order valence-corrected chi connectivity index (χ1v) is 10.1. The summed E-state index contributed by atoms with van der Waals surface area (Å²) in [5.41, 5.74) is 3.58. The lowest BCUT2D eigenvalue weighted by Crippen LogP contribution is -2.34. The molecule has 4 heteroatoms. The van der Waals surface area contributed by atoms with Gasteiger partial charge in [-0.15, -0.1) is 0 Å². The molecule has 0 fully saturated rings. The molecule has 150 valence electrons. The van der Waals surface area contributed by atoms with Crippen molar-refractivity contribution in [1.29, 1.82) is 0 Å². The van der Waals surface area contributed by atoms with Gasteiger partial charge in [0.1, 0.15) is 18.5 Å². The van der Waals surface area contributed by atoms with Crippen LogP contribution in [0.3, 0.4) is 0 Å². The second kappa shape index (κ2) is 9.48. The van der Waals surface area contributed by atoms with Gasteiger partial charge in [0.15, 0.2) is 11.5 Å². The topological polar surface area (TPSA) is 39.7 Å². The Morgan fingerprint density at radius 3 is 2.38 bits per heavy atom. The van der Waals surface area contributed by atoms with E-state index in [9.17, 15) is 0 Å². The number of benzene rings is 3. The Balaban J connectivity index is 1.38. The molecule has 0 aromatic heterocycles. The fraction of sp³-hybridized carbons (Fsp3) is 0.280. The van der Waals surface area contributed by atoms with Gasteiger partial charge in [0, 0.05) is 19.2 Å². The average molecular weight is 389 g/mol. The van der Waals surface area contributed by atoms with Gasteiger partial charge in [-0.05, 0) is 35.6 Å². The third-order valence-electron chi connectivity index (χ3n) is 5.16. The third kappa shape index (κ3) is 5.09. The van der Waals surface area contributed by atoms with Crippen LogP contribution in [0.1, 0.15) is 23.1 Å². The quantitative estimate of drug-likeness (QED) is 0.603. The summed E-state index contributed by atoms with van der Waals surface area (Å²) >= 11 is 0. The Kier molecular flexibility index (Phi) is 6.32. The molecule has 1 aliphatic rings. The van der Waals surface area contributed by atoms with Gasteiger partial charge in [0.25, 0.3) is 0 Å². The minimum atomic E-state index is 0.154. The monoisotopic (exact) mass is 389 g/mol. The molecule has 1 atom stereocenters. The van der Waals surface area contributed by atoms with E-state index in [2.05, 4.69) is 41.7 Å². The first-order chi connectivity index (χ1) is 14.3. The molecule has 0 radical (unpaired) electrons. The number of aryl methyl sites for hydroxylation is 1. The lowest BCUT2D eigenvalue weighted by atomic mass is 10.0. The van der Waals surface area contributed by atoms with E-state index in [1.165, 1.54) is 11.1 Å². The molecular weight excluding hydrogens is 362 g/mol. The van der Waals surface area contributed by atoms with Crippen LogP contribution in [0.4, 0.5) is 0 Å². The molecule has 0 spiro atoms. The van der Waals surface area contributed by atoms with Gasteiger partial charge in [0.2, 0.25) is 0 Å². The highest BCUT2D eigenvalue weighted by atomic mass is 16.5. The number of ether oxygens (including phenoxy) is 3. The van der Waals surface area contributed by atoms with Crippen molar-refractivity contribution in [2.24, 2.45) is 0 Å². The fourth-order valence-electron chi connectivity index (χ4n) is 3.57. The minimum absolute atomic E-state index is 0.154. The number of methoxy groups -OCH3 is 1. The van der Waals surface area contributed by atoms with Crippen molar-refractivity contribution in [2.75, 3.05) is 13.7 Å². The maximum atomic E-state index is 6.26. The highest BCUT2D eigenvalue weighted by Gasteiger charge is 2.22. The molecule has 1 heterocycles. The Morgan fingerprint density at radius 1 is 0.931 bits per heavy atom. The van der Waals surface area contributed by atoms with E-state index in [1.807, 2.05) is 36.4 Å². The van der Waals surface area contributed by atoms with Gasteiger partial charge >= 0.3 is 0 Å². The second-order valence-electron chi connectivity index (χ2n) is 7.28. The maximum Gasteiger partial charge on any atom is 0.165 e. The molecule has 4 rings (SSSR count). The highest BCUT2D eigenvalue weighted by molar-refractivity contribution is 5.51. The van der Waals surface area contributed by atoms with Gasteiger partial charge in [-0.25, -0.2) is 0 Å². The molecule has 4 nitrogen and oxygen atoms in total. The molecule has 3 aromatic rings. The SMILES string of the molecule is COc1cc2c(cc1OCc1ccccc1)OC(CNCc1ccccc1)CC2. The molecule has 0 aliphatic carbocycles. The van der Waals surface area contributed by atoms with Gasteiger partial charge in [-0.2, -0.15) is 0 Å². The zero-order valence-corrected chi connectivity index (χ0v) is 16.8. The summed E-state index contributed by atoms with van der Waals surface area (Å²) in [6.45, 7) is 2.17. The van der Waals surface area contributed by atoms with E-state index in [1.54, 1.807) is 7.11 Å². The highest BCUT2D eigenvalue weighted by Crippen LogP contribution is 2.38. The zero-order valence-electron chi connectivity index (χ0n) is 16.8. The molecule has 0 amide bonds. The summed E-state index contributed by atoms with van der Waals surface area (Å²) in [7, 11) is 1.68. The van der Waals surface area contributed by atoms with Gasteiger partial charge < -0.3 is 19.5 Å². The van der Waals surface area contributed by atoms with E-state index in [0.717, 1.165) is 43.0 Å². The summed E-state index contributed by atoms with van der Waals surface area (Å²) < 4.78 is 17.8. The van der Waals surface area contributed by atoms with Crippen LogP contribution >= 0.6 is 0 Å². The van der Waals surface area contributed by atoms with Crippen molar-refractivity contribution in [1.82, 2.24) is 5.32 Å². The molecule has 0 bridgehead atoms. The Hall–Kier alpha value is -2.98. The summed E-state index contributed by atoms with van der Waals surface area (Å²) in [6.07, 6.45) is 2.12. The molecule has 1 unspecified atom stereocenters. The minimum Gasteiger partial charge on any atom is -0.493 e. The Bertz CT molecular complexity index is 912. The number of hydrogen-bond donors (Lipinski definition) is 1. The number of hydrogen-bond acceptors (Lipinski definition) is 4. The van der Waals surface area contributed by atoms with Crippen LogP contribution in [-0.2, 0) is 19.6 Å². The Morgan fingerprint density at radius 2 is 1.66 bits per heavy atom. The van der Waals surface area contributed by atoms with E-state index in [-0.39, 0.29) is 6.10 Å². The second-order valence-corrected chi connectivity index (χ2v) is 7.28. The lowest BCUT2D eigenvalue weighted by molar-refractivity contribution is 0.168. The standard InChI is InChI=1S/C25H27NO3/c1-27-24-14-21-12-13-22(17-26-16-19-8-4-2-5-9-19)29-23(21)15-25(24)28-18-20-10-6-3-7-11-20/h2-11,14-15,22,26H,12-13,16-18H2,1H3. The smallest absolute Gasteiger partial charge is 0.165 e. The van der Waals surface area contributed by atoms with Crippen LogP contribution in [-0.4, -0.2) is 19.8 Å². The van der Waals surface area contributed by atoms with Crippen LogP contribution in [0.15, 0.2) is 72.8 Å². The summed E-state index contributed by atoms with van der Waals surface area (Å²) in [5, 5.41) is 3.51. The number of nitrogens with one attached hydrogen (secondary N) is 1. The van der Waals surface area contributed by atoms with Gasteiger partial charge in [0.05, 0.1) is 7.11 Å². The van der Waals surface area contributed by atoms with Crippen LogP contribution in [0, 0.1) is 0 Å². The van der Waals surface area contributed by atoms with Crippen LogP contribution in [0.2, 0.25) is 0 Å². The zero-order chi connectivity index (χ0) is 19.9. The van der Waals surface area contributed by atoms with Crippen molar-refractivity contribution >= 4 is 0 Å². The fourth-order valence-corrected chi connectivity index (χ4v) is 3.57. The van der Waals surface area contributed by atoms with Crippen LogP contribution in [0.5, 0.6) is 17.2 Å². The third-order valence-corrected chi connectivity index (χ3v) is 5.16. The van der Waals surface area contributed by atoms with Gasteiger partial charge in [-0.3, -0.25) is 0 Å². The van der Waals surface area contributed by atoms with Crippen molar-refractivity contribution in [3.8, 4) is 17.2 Å². The molecule has 1 N–H and O–H groups in total. The van der Waals surface area contributed by atoms with Gasteiger partial charge in [-0.1, -0.05) is 60.7 Å². The molecule has 0 saturated carbocycles. The first-order valence-electron chi connectivity index (χ1n) is 10.1. The van der Waals surface area contributed by atoms with Crippen molar-refractivity contribution in [3.05, 3.63) is 89.5 Å². The van der Waals surface area contributed by atoms with Crippen molar-refractivity contribution in [3.63, 3.8) is 0 Å². The van der Waals surface area contributed by atoms with E-state index in [4.69, 9.17) is 14.2 Å². The predicted molar refractivity (Wildman–Crippen MR) is 115 cm³/mol. The summed E-state index contributed by atoms with van der Waals surface area (Å²) in [6, 6.07) is 24.6. The molecule has 0 saturated heterocycles. The normalized spacial score (nSPS) is 15.3. The summed E-state index contributed by atoms with van der Waals surface area (Å²) in [5.74, 6) is 2.36. The molecular formula is C25H27NO3.